The molecule has 3 heterocycles. The quantitative estimate of drug-likeness (QED) is 0.0493. The minimum atomic E-state index is -1.01. The molecule has 2 saturated heterocycles. The number of piperidine rings is 1. The third kappa shape index (κ3) is 33.9. The number of carbonyl (C=O) groups is 9. The molecule has 4 N–H and O–H groups in total. The van der Waals surface area contributed by atoms with Crippen LogP contribution in [0.25, 0.3) is 0 Å². The molecule has 2 aromatic carbocycles. The molecule has 114 heavy (non-hydrogen) atoms. The number of likely N-dealkylation sites (N-methyl/N-ethyl adjacent to an activating group) is 1. The molecular formula is C83H132N8O23. The van der Waals surface area contributed by atoms with Crippen LogP contribution in [0.2, 0.25) is 0 Å². The van der Waals surface area contributed by atoms with Crippen LogP contribution < -0.4 is 21.3 Å². The molecule has 9 amide bonds. The number of likely N-dealkylation sites (tertiary alicyclic amines) is 2. The average Bonchev–Trinajstić information content (AvgIpc) is 1.61. The molecule has 31 heteroatoms. The van der Waals surface area contributed by atoms with Crippen molar-refractivity contribution in [2.75, 3.05) is 199 Å². The number of unbranched alkanes of at least 4 members (excludes halogenated alkanes) is 2. The lowest BCUT2D eigenvalue weighted by Gasteiger charge is -2.41. The monoisotopic (exact) mass is 1610 g/mol. The van der Waals surface area contributed by atoms with Crippen molar-refractivity contribution in [1.82, 2.24) is 35.6 Å². The van der Waals surface area contributed by atoms with E-state index < -0.39 is 60.1 Å². The number of nitrogens with zero attached hydrogens (tertiary/aromatic N) is 4. The predicted molar refractivity (Wildman–Crippen MR) is 423 cm³/mol. The Bertz CT molecular complexity index is 3140. The van der Waals surface area contributed by atoms with Crippen molar-refractivity contribution >= 4 is 58.9 Å². The molecule has 642 valence electrons. The SMILES string of the molecule is CC[C@H](C)[C@@H]([C@@H](CC(=O)N1CCC[C@H]1[C@H](OC)[C@@H](C)C(=O)N[C@@H](Cc1ccccc1)C(=O)Nc1ccc(CNC(=O)CCCCCN2C(=O)C=CC2=O)cc1)OC)N(C)C(=O)[C@@H](NC(=O)[C@@H]1[C@H]2CC[C@@H](C2)N1C(=O)CCOCCOCCOCCOCCOCCOCCOCCOCCOCCOCCOCCOC)C(C)C. The van der Waals surface area contributed by atoms with Crippen molar-refractivity contribution in [2.45, 2.75) is 173 Å². The number of ether oxygens (including phenoxy) is 14. The van der Waals surface area contributed by atoms with Gasteiger partial charge in [-0.05, 0) is 86.0 Å². The first-order valence-electron chi connectivity index (χ1n) is 40.9. The van der Waals surface area contributed by atoms with E-state index >= 15 is 0 Å². The Hall–Kier alpha value is -6.95. The zero-order valence-corrected chi connectivity index (χ0v) is 69.0. The van der Waals surface area contributed by atoms with Crippen LogP contribution in [0.1, 0.15) is 123 Å². The van der Waals surface area contributed by atoms with Crippen LogP contribution in [0.15, 0.2) is 66.7 Å². The summed E-state index contributed by atoms with van der Waals surface area (Å²) in [5.41, 5.74) is 2.11. The number of fused-ring (bicyclic) bond motifs is 2. The van der Waals surface area contributed by atoms with E-state index in [1.165, 1.54) is 31.3 Å². The number of hydrogen-bond donors (Lipinski definition) is 4. The van der Waals surface area contributed by atoms with Crippen molar-refractivity contribution in [1.29, 1.82) is 0 Å². The molecule has 11 atom stereocenters. The standard InChI is InChI=1S/C83H132N8O23/c1-10-61(4)77(70(102-8)58-75(96)89-32-17-20-69(89)79(103-9)62(5)80(97)86-68(56-63-18-13-11-14-19-63)81(98)85-66-25-22-64(23-26-66)59-84-71(92)21-15-12-16-31-90-72(93)28-29-73(90)94)88(6)83(100)76(60(2)3)87-82(99)78-65-24-27-67(57-65)91(78)74(95)30-33-104-36-37-106-40-41-108-44-45-110-48-49-112-52-53-114-55-54-113-51-50-111-47-46-109-43-42-107-39-38-105-35-34-101-7/h11,13-14,18-19,22-23,25-26,28-29,60-62,65,67-70,76-79H,10,12,15-17,20-21,24,27,30-59H2,1-9H3,(H,84,92)(H,85,98)(H,86,97)(H,87,99)/t61-,62+,65-,67-,68-,69-,70+,76-,77-,78-,79+/m0/s1. The predicted octanol–water partition coefficient (Wildman–Crippen LogP) is 5.11. The number of carbonyl (C=O) groups excluding carboxylic acids is 9. The van der Waals surface area contributed by atoms with Gasteiger partial charge in [-0.3, -0.25) is 48.1 Å². The Kier molecular flexibility index (Phi) is 46.8. The number of methoxy groups -OCH3 is 3. The molecule has 3 aliphatic heterocycles. The van der Waals surface area contributed by atoms with Crippen LogP contribution in [-0.4, -0.2) is 315 Å². The number of amides is 9. The fourth-order valence-corrected chi connectivity index (χ4v) is 14.7. The van der Waals surface area contributed by atoms with Crippen LogP contribution in [0, 0.1) is 23.7 Å². The Morgan fingerprint density at radius 3 is 1.59 bits per heavy atom. The molecule has 2 aromatic rings. The first-order chi connectivity index (χ1) is 55.3. The van der Waals surface area contributed by atoms with Crippen LogP contribution in [0.4, 0.5) is 5.69 Å². The summed E-state index contributed by atoms with van der Waals surface area (Å²) in [5.74, 6) is -4.19. The number of benzene rings is 2. The number of imide groups is 1. The van der Waals surface area contributed by atoms with E-state index in [1.807, 2.05) is 58.0 Å². The molecule has 4 aliphatic rings. The summed E-state index contributed by atoms with van der Waals surface area (Å²) >= 11 is 0. The first-order valence-corrected chi connectivity index (χ1v) is 40.9. The minimum absolute atomic E-state index is 0.0529. The normalized spacial score (nSPS) is 18.5. The molecule has 1 saturated carbocycles. The van der Waals surface area contributed by atoms with E-state index in [4.69, 9.17) is 66.3 Å². The van der Waals surface area contributed by atoms with E-state index in [-0.39, 0.29) is 104 Å². The van der Waals surface area contributed by atoms with E-state index in [0.29, 0.717) is 209 Å². The van der Waals surface area contributed by atoms with E-state index in [2.05, 4.69) is 21.3 Å². The van der Waals surface area contributed by atoms with Crippen LogP contribution in [0.3, 0.4) is 0 Å². The highest BCUT2D eigenvalue weighted by molar-refractivity contribution is 6.12. The van der Waals surface area contributed by atoms with Crippen LogP contribution >= 0.6 is 0 Å². The Morgan fingerprint density at radius 2 is 1.09 bits per heavy atom. The summed E-state index contributed by atoms with van der Waals surface area (Å²) in [7, 11) is 6.36. The van der Waals surface area contributed by atoms with Gasteiger partial charge in [0.15, 0.2) is 0 Å². The molecule has 31 nitrogen and oxygen atoms in total. The summed E-state index contributed by atoms with van der Waals surface area (Å²) in [6, 6.07) is 12.5. The van der Waals surface area contributed by atoms with E-state index in [9.17, 15) is 43.2 Å². The van der Waals surface area contributed by atoms with Crippen molar-refractivity contribution in [3.63, 3.8) is 0 Å². The second kappa shape index (κ2) is 55.6. The highest BCUT2D eigenvalue weighted by atomic mass is 16.6. The Balaban J connectivity index is 0.863. The Morgan fingerprint density at radius 1 is 0.561 bits per heavy atom. The summed E-state index contributed by atoms with van der Waals surface area (Å²) in [6.07, 6.45) is 7.43. The maximum atomic E-state index is 15.0. The Labute approximate surface area is 674 Å². The van der Waals surface area contributed by atoms with Crippen molar-refractivity contribution in [3.8, 4) is 0 Å². The van der Waals surface area contributed by atoms with Gasteiger partial charge >= 0.3 is 0 Å². The van der Waals surface area contributed by atoms with Gasteiger partial charge in [-0.1, -0.05) is 89.9 Å². The van der Waals surface area contributed by atoms with Gasteiger partial charge in [0.2, 0.25) is 41.4 Å². The summed E-state index contributed by atoms with van der Waals surface area (Å²) in [4.78, 5) is 130. The molecule has 0 unspecified atom stereocenters. The summed E-state index contributed by atoms with van der Waals surface area (Å²) in [6.45, 7) is 20.5. The molecule has 3 fully saturated rings. The second-order valence-corrected chi connectivity index (χ2v) is 29.5. The van der Waals surface area contributed by atoms with Crippen molar-refractivity contribution in [2.24, 2.45) is 23.7 Å². The van der Waals surface area contributed by atoms with Gasteiger partial charge in [0.1, 0.15) is 18.1 Å². The van der Waals surface area contributed by atoms with Crippen molar-refractivity contribution in [3.05, 3.63) is 77.9 Å². The molecular weight excluding hydrogens is 1480 g/mol. The van der Waals surface area contributed by atoms with E-state index in [1.54, 1.807) is 60.0 Å². The number of rotatable bonds is 64. The zero-order valence-electron chi connectivity index (χ0n) is 69.0. The summed E-state index contributed by atoms with van der Waals surface area (Å²) < 4.78 is 78.3. The maximum absolute atomic E-state index is 15.0. The molecule has 0 spiro atoms. The number of nitrogens with one attached hydrogen (secondary N) is 4. The smallest absolute Gasteiger partial charge is 0.253 e. The van der Waals surface area contributed by atoms with Gasteiger partial charge in [0.25, 0.3) is 11.8 Å². The largest absolute Gasteiger partial charge is 0.382 e. The van der Waals surface area contributed by atoms with Crippen LogP contribution in [-0.2, 0) is 122 Å². The lowest BCUT2D eigenvalue weighted by Crippen LogP contribution is -2.60. The molecule has 1 aliphatic carbocycles. The van der Waals surface area contributed by atoms with Gasteiger partial charge in [0, 0.05) is 84.7 Å². The highest BCUT2D eigenvalue weighted by Crippen LogP contribution is 2.43. The van der Waals surface area contributed by atoms with Crippen molar-refractivity contribution < 1.29 is 109 Å². The fraction of sp³-hybridized carbons (Fsp3) is 0.723. The maximum Gasteiger partial charge on any atom is 0.253 e. The lowest BCUT2D eigenvalue weighted by atomic mass is 9.89. The van der Waals surface area contributed by atoms with Crippen LogP contribution in [0.5, 0.6) is 0 Å². The second-order valence-electron chi connectivity index (χ2n) is 29.5. The highest BCUT2D eigenvalue weighted by Gasteiger charge is 2.52. The third-order valence-electron chi connectivity index (χ3n) is 21.1. The molecule has 0 aromatic heterocycles. The number of anilines is 1. The van der Waals surface area contributed by atoms with Gasteiger partial charge in [-0.15, -0.1) is 0 Å². The first kappa shape index (κ1) is 95.9. The fourth-order valence-electron chi connectivity index (χ4n) is 14.7. The molecule has 2 bridgehead atoms. The number of hydrogen-bond acceptors (Lipinski definition) is 23. The minimum Gasteiger partial charge on any atom is -0.382 e. The van der Waals surface area contributed by atoms with Gasteiger partial charge in [-0.25, -0.2) is 0 Å². The van der Waals surface area contributed by atoms with E-state index in [0.717, 1.165) is 24.0 Å². The molecule has 6 rings (SSSR count). The van der Waals surface area contributed by atoms with Gasteiger partial charge in [0.05, 0.1) is 195 Å². The topological polar surface area (TPSA) is 344 Å². The zero-order chi connectivity index (χ0) is 82.2. The van der Waals surface area contributed by atoms with Gasteiger partial charge < -0.3 is 102 Å². The molecule has 0 radical (unpaired) electrons. The average molecular weight is 1610 g/mol. The van der Waals surface area contributed by atoms with Gasteiger partial charge in [-0.2, -0.15) is 0 Å². The lowest BCUT2D eigenvalue weighted by molar-refractivity contribution is -0.149. The third-order valence-corrected chi connectivity index (χ3v) is 21.1. The summed E-state index contributed by atoms with van der Waals surface area (Å²) in [5, 5.41) is 12.0.